The van der Waals surface area contributed by atoms with E-state index in [1.54, 1.807) is 5.57 Å². The Hall–Kier alpha value is -0.300. The van der Waals surface area contributed by atoms with Crippen LogP contribution in [0.4, 0.5) is 0 Å². The minimum Gasteiger partial charge on any atom is -0.381 e. The molecule has 0 heterocycles. The van der Waals surface area contributed by atoms with Crippen molar-refractivity contribution in [2.45, 2.75) is 111 Å². The molecule has 0 spiro atoms. The fraction of sp³-hybridized carbons (Fsp3) is 0.929. The zero-order valence-electron chi connectivity index (χ0n) is 20.3. The van der Waals surface area contributed by atoms with Gasteiger partial charge in [0.05, 0.1) is 6.10 Å². The third kappa shape index (κ3) is 3.77. The highest BCUT2D eigenvalue weighted by atomic mass is 16.5. The maximum Gasteiger partial charge on any atom is 0.0608 e. The quantitative estimate of drug-likeness (QED) is 0.410. The van der Waals surface area contributed by atoms with Crippen LogP contribution in [-0.4, -0.2) is 13.2 Å². The van der Waals surface area contributed by atoms with Gasteiger partial charge in [-0.2, -0.15) is 0 Å². The number of hydrogen-bond donors (Lipinski definition) is 0. The summed E-state index contributed by atoms with van der Waals surface area (Å²) in [5.74, 6) is 5.63. The van der Waals surface area contributed by atoms with Crippen molar-refractivity contribution in [1.29, 1.82) is 0 Å². The third-order valence-corrected chi connectivity index (χ3v) is 10.6. The van der Waals surface area contributed by atoms with E-state index < -0.39 is 0 Å². The summed E-state index contributed by atoms with van der Waals surface area (Å²) < 4.78 is 5.75. The molecular formula is C28H48O. The van der Waals surface area contributed by atoms with Gasteiger partial charge < -0.3 is 4.74 Å². The molecule has 0 N–H and O–H groups in total. The first-order valence-electron chi connectivity index (χ1n) is 13.0. The van der Waals surface area contributed by atoms with Crippen molar-refractivity contribution >= 4 is 0 Å². The molecule has 0 bridgehead atoms. The van der Waals surface area contributed by atoms with Crippen LogP contribution in [0.25, 0.3) is 0 Å². The SMILES string of the molecule is CO[C@H]1CC[C@@]2(C)C(=CCC3[C@@H]4CC[C@H]([C@H](C)CCCC(C)C)C4(C)CC[C@@H]32)C1. The van der Waals surface area contributed by atoms with Gasteiger partial charge in [0, 0.05) is 7.11 Å². The van der Waals surface area contributed by atoms with Crippen LogP contribution in [0.3, 0.4) is 0 Å². The summed E-state index contributed by atoms with van der Waals surface area (Å²) in [5.41, 5.74) is 2.85. The highest BCUT2D eigenvalue weighted by molar-refractivity contribution is 5.25. The van der Waals surface area contributed by atoms with Gasteiger partial charge in [-0.3, -0.25) is 0 Å². The molecule has 0 amide bonds. The average molecular weight is 401 g/mol. The number of fused-ring (bicyclic) bond motifs is 5. The van der Waals surface area contributed by atoms with E-state index in [0.29, 0.717) is 16.9 Å². The minimum absolute atomic E-state index is 0.472. The molecule has 166 valence electrons. The summed E-state index contributed by atoms with van der Waals surface area (Å²) in [6.07, 6.45) is 18.7. The lowest BCUT2D eigenvalue weighted by molar-refractivity contribution is -0.0601. The van der Waals surface area contributed by atoms with Crippen molar-refractivity contribution < 1.29 is 4.74 Å². The van der Waals surface area contributed by atoms with E-state index in [1.807, 2.05) is 7.11 Å². The maximum atomic E-state index is 5.75. The number of hydrogen-bond acceptors (Lipinski definition) is 1. The molecule has 4 rings (SSSR count). The summed E-state index contributed by atoms with van der Waals surface area (Å²) >= 11 is 0. The van der Waals surface area contributed by atoms with Gasteiger partial charge in [-0.1, -0.05) is 65.5 Å². The third-order valence-electron chi connectivity index (χ3n) is 10.6. The Labute approximate surface area is 181 Å². The normalized spacial score (nSPS) is 45.3. The van der Waals surface area contributed by atoms with Gasteiger partial charge in [-0.05, 0) is 97.7 Å². The predicted molar refractivity (Wildman–Crippen MR) is 124 cm³/mol. The predicted octanol–water partition coefficient (Wildman–Crippen LogP) is 8.04. The van der Waals surface area contributed by atoms with E-state index in [2.05, 4.69) is 40.7 Å². The number of methoxy groups -OCH3 is 1. The van der Waals surface area contributed by atoms with Gasteiger partial charge >= 0.3 is 0 Å². The zero-order valence-corrected chi connectivity index (χ0v) is 20.3. The van der Waals surface area contributed by atoms with Gasteiger partial charge in [0.15, 0.2) is 0 Å². The van der Waals surface area contributed by atoms with Crippen molar-refractivity contribution in [2.75, 3.05) is 7.11 Å². The molecule has 8 atom stereocenters. The standard InChI is InChI=1S/C28H48O/c1-19(2)8-7-9-20(3)24-12-13-25-23-11-10-21-18-22(29-6)14-16-27(21,4)26(23)15-17-28(24,25)5/h10,19-20,22-26H,7-9,11-18H2,1-6H3/t20-,22+,23?,24-,25+,26+,27+,28?/m1/s1. The van der Waals surface area contributed by atoms with Crippen LogP contribution in [0.15, 0.2) is 11.6 Å². The highest BCUT2D eigenvalue weighted by Gasteiger charge is 2.59. The van der Waals surface area contributed by atoms with Crippen LogP contribution in [0.5, 0.6) is 0 Å². The summed E-state index contributed by atoms with van der Waals surface area (Å²) in [6.45, 7) is 12.7. The van der Waals surface area contributed by atoms with E-state index in [4.69, 9.17) is 4.74 Å². The van der Waals surface area contributed by atoms with E-state index in [0.717, 1.165) is 35.5 Å². The Morgan fingerprint density at radius 2 is 1.79 bits per heavy atom. The van der Waals surface area contributed by atoms with Crippen molar-refractivity contribution in [3.05, 3.63) is 11.6 Å². The molecule has 4 aliphatic rings. The first kappa shape index (κ1) is 21.9. The lowest BCUT2D eigenvalue weighted by atomic mass is 9.47. The van der Waals surface area contributed by atoms with Crippen LogP contribution in [-0.2, 0) is 4.74 Å². The van der Waals surface area contributed by atoms with Crippen molar-refractivity contribution in [2.24, 2.45) is 46.3 Å². The molecule has 2 unspecified atom stereocenters. The van der Waals surface area contributed by atoms with Gasteiger partial charge in [0.25, 0.3) is 0 Å². The monoisotopic (exact) mass is 400 g/mol. The number of rotatable bonds is 6. The molecule has 3 saturated carbocycles. The Balaban J connectivity index is 1.48. The van der Waals surface area contributed by atoms with Crippen molar-refractivity contribution in [1.82, 2.24) is 0 Å². The Kier molecular flexibility index (Phi) is 6.29. The second-order valence-corrected chi connectivity index (χ2v) is 12.4. The highest BCUT2D eigenvalue weighted by Crippen LogP contribution is 2.67. The summed E-state index contributed by atoms with van der Waals surface area (Å²) in [7, 11) is 1.91. The van der Waals surface area contributed by atoms with E-state index in [1.165, 1.54) is 70.6 Å². The molecule has 3 fully saturated rings. The fourth-order valence-electron chi connectivity index (χ4n) is 8.85. The summed E-state index contributed by atoms with van der Waals surface area (Å²) in [4.78, 5) is 0. The van der Waals surface area contributed by atoms with Crippen LogP contribution >= 0.6 is 0 Å². The summed E-state index contributed by atoms with van der Waals surface area (Å²) in [5, 5.41) is 0. The molecule has 0 saturated heterocycles. The van der Waals surface area contributed by atoms with E-state index >= 15 is 0 Å². The topological polar surface area (TPSA) is 9.23 Å². The second-order valence-electron chi connectivity index (χ2n) is 12.4. The molecule has 4 aliphatic carbocycles. The summed E-state index contributed by atoms with van der Waals surface area (Å²) in [6, 6.07) is 0. The zero-order chi connectivity index (χ0) is 20.8. The molecule has 0 radical (unpaired) electrons. The Morgan fingerprint density at radius 3 is 2.52 bits per heavy atom. The molecule has 0 aromatic carbocycles. The molecular weight excluding hydrogens is 352 g/mol. The van der Waals surface area contributed by atoms with Gasteiger partial charge in [0.2, 0.25) is 0 Å². The van der Waals surface area contributed by atoms with Crippen LogP contribution in [0, 0.1) is 46.3 Å². The largest absolute Gasteiger partial charge is 0.381 e. The Bertz CT molecular complexity index is 605. The minimum atomic E-state index is 0.472. The van der Waals surface area contributed by atoms with Crippen LogP contribution in [0.2, 0.25) is 0 Å². The first-order valence-corrected chi connectivity index (χ1v) is 13.0. The van der Waals surface area contributed by atoms with Crippen LogP contribution < -0.4 is 0 Å². The van der Waals surface area contributed by atoms with Crippen LogP contribution in [0.1, 0.15) is 105 Å². The maximum absolute atomic E-state index is 5.75. The fourth-order valence-corrected chi connectivity index (χ4v) is 8.85. The number of ether oxygens (including phenoxy) is 1. The lowest BCUT2D eigenvalue weighted by Crippen LogP contribution is -2.50. The average Bonchev–Trinajstić information content (AvgIpc) is 3.04. The smallest absolute Gasteiger partial charge is 0.0608 e. The van der Waals surface area contributed by atoms with E-state index in [9.17, 15) is 0 Å². The van der Waals surface area contributed by atoms with E-state index in [-0.39, 0.29) is 0 Å². The molecule has 1 heteroatoms. The molecule has 1 nitrogen and oxygen atoms in total. The van der Waals surface area contributed by atoms with Gasteiger partial charge in [-0.15, -0.1) is 0 Å². The van der Waals surface area contributed by atoms with Gasteiger partial charge in [-0.25, -0.2) is 0 Å². The van der Waals surface area contributed by atoms with Gasteiger partial charge in [0.1, 0.15) is 0 Å². The molecule has 0 aromatic rings. The lowest BCUT2D eigenvalue weighted by Gasteiger charge is -2.58. The molecule has 29 heavy (non-hydrogen) atoms. The molecule has 0 aromatic heterocycles. The van der Waals surface area contributed by atoms with Crippen molar-refractivity contribution in [3.8, 4) is 0 Å². The van der Waals surface area contributed by atoms with Crippen molar-refractivity contribution in [3.63, 3.8) is 0 Å². The first-order chi connectivity index (χ1) is 13.8. The number of allylic oxidation sites excluding steroid dienone is 1. The molecule has 0 aliphatic heterocycles. The Morgan fingerprint density at radius 1 is 1.00 bits per heavy atom. The second kappa shape index (κ2) is 8.33.